The van der Waals surface area contributed by atoms with E-state index in [-0.39, 0.29) is 11.4 Å². The number of furan rings is 1. The molecule has 2 aliphatic heterocycles. The number of ether oxygens (including phenoxy) is 1. The third-order valence-corrected chi connectivity index (χ3v) is 6.10. The minimum Gasteiger partial charge on any atom is -0.503 e. The molecule has 1 atom stereocenters. The Hall–Kier alpha value is -2.42. The number of carbonyl (C=O) groups excluding carboxylic acids is 2. The first-order chi connectivity index (χ1) is 13.6. The topological polar surface area (TPSA) is 84.4 Å². The molecule has 2 aromatic heterocycles. The molecule has 0 saturated carbocycles. The minimum atomic E-state index is -0.712. The van der Waals surface area contributed by atoms with E-state index in [9.17, 15) is 14.7 Å². The molecular formula is C20H23N2O5S+. The van der Waals surface area contributed by atoms with Gasteiger partial charge in [0.05, 0.1) is 36.8 Å². The van der Waals surface area contributed by atoms with Gasteiger partial charge < -0.3 is 24.1 Å². The Balaban J connectivity index is 1.64. The maximum Gasteiger partial charge on any atom is 0.290 e. The van der Waals surface area contributed by atoms with E-state index in [1.807, 2.05) is 6.92 Å². The van der Waals surface area contributed by atoms with Crippen LogP contribution in [0.15, 0.2) is 45.4 Å². The van der Waals surface area contributed by atoms with E-state index in [4.69, 9.17) is 9.15 Å². The highest BCUT2D eigenvalue weighted by Crippen LogP contribution is 2.39. The summed E-state index contributed by atoms with van der Waals surface area (Å²) < 4.78 is 11.2. The third kappa shape index (κ3) is 3.50. The van der Waals surface area contributed by atoms with Gasteiger partial charge in [-0.05, 0) is 30.5 Å². The number of hydrogen-bond acceptors (Lipinski definition) is 6. The van der Waals surface area contributed by atoms with Crippen molar-refractivity contribution in [2.45, 2.75) is 13.0 Å². The molecule has 0 aliphatic carbocycles. The summed E-state index contributed by atoms with van der Waals surface area (Å²) in [6.07, 6.45) is 0. The molecule has 1 fully saturated rings. The molecule has 2 aromatic rings. The molecule has 28 heavy (non-hydrogen) atoms. The molecule has 8 heteroatoms. The van der Waals surface area contributed by atoms with Crippen molar-refractivity contribution in [1.29, 1.82) is 0 Å². The number of ketones is 1. The number of aliphatic hydroxyl groups is 1. The van der Waals surface area contributed by atoms with E-state index >= 15 is 0 Å². The van der Waals surface area contributed by atoms with E-state index in [2.05, 4.69) is 0 Å². The molecule has 2 N–H and O–H groups in total. The number of rotatable bonds is 6. The van der Waals surface area contributed by atoms with Crippen molar-refractivity contribution in [2.75, 3.05) is 39.4 Å². The average molecular weight is 403 g/mol. The lowest BCUT2D eigenvalue weighted by Gasteiger charge is -2.28. The van der Waals surface area contributed by atoms with Crippen LogP contribution in [0.1, 0.15) is 27.2 Å². The van der Waals surface area contributed by atoms with Gasteiger partial charge in [-0.25, -0.2) is 0 Å². The van der Waals surface area contributed by atoms with Crippen molar-refractivity contribution in [2.24, 2.45) is 0 Å². The lowest BCUT2D eigenvalue weighted by molar-refractivity contribution is -0.907. The van der Waals surface area contributed by atoms with Gasteiger partial charge in [-0.2, -0.15) is 0 Å². The molecule has 0 radical (unpaired) electrons. The molecular weight excluding hydrogens is 380 g/mol. The Labute approximate surface area is 166 Å². The second kappa shape index (κ2) is 7.90. The third-order valence-electron chi connectivity index (χ3n) is 5.23. The van der Waals surface area contributed by atoms with E-state index in [0.717, 1.165) is 19.6 Å². The number of nitrogens with zero attached hydrogens (tertiary/aromatic N) is 1. The van der Waals surface area contributed by atoms with Gasteiger partial charge in [-0.15, -0.1) is 11.3 Å². The lowest BCUT2D eigenvalue weighted by Crippen LogP contribution is -3.14. The summed E-state index contributed by atoms with van der Waals surface area (Å²) in [5, 5.41) is 12.4. The van der Waals surface area contributed by atoms with Crippen molar-refractivity contribution < 1.29 is 28.7 Å². The summed E-state index contributed by atoms with van der Waals surface area (Å²) in [6, 6.07) is 6.33. The number of amides is 1. The molecule has 0 unspecified atom stereocenters. The Morgan fingerprint density at radius 1 is 1.32 bits per heavy atom. The van der Waals surface area contributed by atoms with Crippen LogP contribution in [0.3, 0.4) is 0 Å². The van der Waals surface area contributed by atoms with Crippen molar-refractivity contribution >= 4 is 23.0 Å². The number of morpholine rings is 1. The molecule has 1 amide bonds. The molecule has 148 valence electrons. The summed E-state index contributed by atoms with van der Waals surface area (Å²) in [7, 11) is 0. The number of Topliss-reactive ketones (excluding diaryl/α,β-unsaturated/α-hetero) is 1. The van der Waals surface area contributed by atoms with E-state index in [1.165, 1.54) is 16.2 Å². The molecule has 2 aliphatic rings. The minimum absolute atomic E-state index is 0.0961. The number of aliphatic hydroxyl groups excluding tert-OH is 1. The fourth-order valence-corrected chi connectivity index (χ4v) is 4.42. The fourth-order valence-electron chi connectivity index (χ4n) is 3.74. The number of quaternary nitrogens is 1. The van der Waals surface area contributed by atoms with Crippen molar-refractivity contribution in [3.8, 4) is 0 Å². The predicted molar refractivity (Wildman–Crippen MR) is 103 cm³/mol. The second-order valence-corrected chi connectivity index (χ2v) is 7.98. The lowest BCUT2D eigenvalue weighted by atomic mass is 10.0. The summed E-state index contributed by atoms with van der Waals surface area (Å²) in [4.78, 5) is 29.3. The summed E-state index contributed by atoms with van der Waals surface area (Å²) in [6.45, 7) is 6.13. The quantitative estimate of drug-likeness (QED) is 0.707. The zero-order valence-corrected chi connectivity index (χ0v) is 16.5. The first-order valence-electron chi connectivity index (χ1n) is 9.36. The molecule has 0 spiro atoms. The first-order valence-corrected chi connectivity index (χ1v) is 10.2. The van der Waals surface area contributed by atoms with Crippen LogP contribution in [0.2, 0.25) is 0 Å². The summed E-state index contributed by atoms with van der Waals surface area (Å²) in [5.74, 6) is -0.149. The van der Waals surface area contributed by atoms with Gasteiger partial charge in [0.2, 0.25) is 5.78 Å². The smallest absolute Gasteiger partial charge is 0.290 e. The highest BCUT2D eigenvalue weighted by atomic mass is 32.1. The number of nitrogens with one attached hydrogen (secondary N) is 1. The predicted octanol–water partition coefficient (Wildman–Crippen LogP) is 1.14. The van der Waals surface area contributed by atoms with E-state index in [1.54, 1.807) is 34.5 Å². The summed E-state index contributed by atoms with van der Waals surface area (Å²) >= 11 is 1.29. The first kappa shape index (κ1) is 18.9. The fraction of sp³-hybridized carbons (Fsp3) is 0.400. The molecule has 0 aromatic carbocycles. The molecule has 1 saturated heterocycles. The van der Waals surface area contributed by atoms with Crippen LogP contribution < -0.4 is 4.90 Å². The maximum atomic E-state index is 13.1. The van der Waals surface area contributed by atoms with Crippen molar-refractivity contribution in [3.05, 3.63) is 57.4 Å². The highest BCUT2D eigenvalue weighted by Gasteiger charge is 2.45. The second-order valence-electron chi connectivity index (χ2n) is 7.03. The Morgan fingerprint density at radius 2 is 2.11 bits per heavy atom. The van der Waals surface area contributed by atoms with Crippen LogP contribution in [0.5, 0.6) is 0 Å². The molecule has 4 heterocycles. The number of hydrogen-bond donors (Lipinski definition) is 2. The Kier molecular flexibility index (Phi) is 5.34. The van der Waals surface area contributed by atoms with Gasteiger partial charge in [0, 0.05) is 0 Å². The van der Waals surface area contributed by atoms with Gasteiger partial charge in [0.1, 0.15) is 30.7 Å². The van der Waals surface area contributed by atoms with Crippen LogP contribution >= 0.6 is 11.3 Å². The molecule has 0 bridgehead atoms. The van der Waals surface area contributed by atoms with Gasteiger partial charge >= 0.3 is 0 Å². The van der Waals surface area contributed by atoms with Crippen LogP contribution in [0, 0.1) is 6.92 Å². The monoisotopic (exact) mass is 403 g/mol. The average Bonchev–Trinajstić information content (AvgIpc) is 3.43. The largest absolute Gasteiger partial charge is 0.503 e. The van der Waals surface area contributed by atoms with Gasteiger partial charge in [0.25, 0.3) is 5.91 Å². The van der Waals surface area contributed by atoms with E-state index in [0.29, 0.717) is 36.2 Å². The summed E-state index contributed by atoms with van der Waals surface area (Å²) in [5.41, 5.74) is 0.0961. The normalized spacial score (nSPS) is 21.0. The maximum absolute atomic E-state index is 13.1. The zero-order chi connectivity index (χ0) is 19.7. The molecule has 4 rings (SSSR count). The molecule has 7 nitrogen and oxygen atoms in total. The van der Waals surface area contributed by atoms with Crippen molar-refractivity contribution in [3.63, 3.8) is 0 Å². The SMILES string of the molecule is Cc1ccc([C@@H]2C(C(=O)c3cccs3)=C(O)C(=O)N2CC[NH+]2CCOCC2)o1. The van der Waals surface area contributed by atoms with Gasteiger partial charge in [0.15, 0.2) is 5.76 Å². The highest BCUT2D eigenvalue weighted by molar-refractivity contribution is 7.12. The van der Waals surface area contributed by atoms with Crippen LogP contribution in [-0.2, 0) is 9.53 Å². The van der Waals surface area contributed by atoms with Crippen LogP contribution in [0.25, 0.3) is 0 Å². The standard InChI is InChI=1S/C20H22N2O5S/c1-13-4-5-14(27-13)17-16(18(23)15-3-2-12-28-15)19(24)20(25)22(17)7-6-21-8-10-26-11-9-21/h2-5,12,17,24H,6-11H2,1H3/p+1/t17-/m1/s1. The number of carbonyl (C=O) groups is 2. The van der Waals surface area contributed by atoms with Crippen LogP contribution in [-0.4, -0.2) is 61.1 Å². The van der Waals surface area contributed by atoms with Crippen LogP contribution in [0.4, 0.5) is 0 Å². The van der Waals surface area contributed by atoms with E-state index < -0.39 is 17.7 Å². The van der Waals surface area contributed by atoms with Gasteiger partial charge in [-0.3, -0.25) is 9.59 Å². The van der Waals surface area contributed by atoms with Crippen molar-refractivity contribution in [1.82, 2.24) is 4.90 Å². The Morgan fingerprint density at radius 3 is 2.75 bits per heavy atom. The van der Waals surface area contributed by atoms with Gasteiger partial charge in [-0.1, -0.05) is 6.07 Å². The zero-order valence-electron chi connectivity index (χ0n) is 15.6. The number of thiophene rings is 1. The Bertz CT molecular complexity index is 896. The number of aryl methyl sites for hydroxylation is 1.